The fourth-order valence-corrected chi connectivity index (χ4v) is 2.09. The predicted octanol–water partition coefficient (Wildman–Crippen LogP) is 3.42. The van der Waals surface area contributed by atoms with Crippen LogP contribution >= 0.6 is 0 Å². The number of aromatic nitrogens is 1. The summed E-state index contributed by atoms with van der Waals surface area (Å²) in [5.74, 6) is 0.851. The van der Waals surface area contributed by atoms with Crippen LogP contribution in [0.5, 0.6) is 17.4 Å². The molecule has 0 amide bonds. The molecule has 0 fully saturated rings. The van der Waals surface area contributed by atoms with Gasteiger partial charge in [0.05, 0.1) is 12.2 Å². The summed E-state index contributed by atoms with van der Waals surface area (Å²) in [4.78, 5) is 18.4. The standard InChI is InChI=1S/C19H19N3O3/c1-4-24-15-7-5-8-16(11-15)25-19-17(9-6-10-21-19)18(23)14(12-20)13-22(2)3/h5-11,13H,4H2,1-3H3. The number of ether oxygens (including phenoxy) is 2. The molecule has 1 aromatic carbocycles. The number of benzene rings is 1. The quantitative estimate of drug-likeness (QED) is 0.438. The van der Waals surface area contributed by atoms with Gasteiger partial charge < -0.3 is 14.4 Å². The lowest BCUT2D eigenvalue weighted by Crippen LogP contribution is -2.10. The van der Waals surface area contributed by atoms with Crippen molar-refractivity contribution in [1.82, 2.24) is 9.88 Å². The van der Waals surface area contributed by atoms with Crippen LogP contribution in [0.4, 0.5) is 0 Å². The first kappa shape index (κ1) is 18.0. The summed E-state index contributed by atoms with van der Waals surface area (Å²) in [6.45, 7) is 2.43. The summed E-state index contributed by atoms with van der Waals surface area (Å²) in [5, 5.41) is 9.24. The van der Waals surface area contributed by atoms with Crippen molar-refractivity contribution < 1.29 is 14.3 Å². The van der Waals surface area contributed by atoms with Crippen molar-refractivity contribution in [2.75, 3.05) is 20.7 Å². The fourth-order valence-electron chi connectivity index (χ4n) is 2.09. The van der Waals surface area contributed by atoms with Gasteiger partial charge in [0.2, 0.25) is 11.7 Å². The summed E-state index contributed by atoms with van der Waals surface area (Å²) in [6.07, 6.45) is 3.00. The summed E-state index contributed by atoms with van der Waals surface area (Å²) in [7, 11) is 3.48. The van der Waals surface area contributed by atoms with Crippen molar-refractivity contribution in [1.29, 1.82) is 5.26 Å². The van der Waals surface area contributed by atoms with Crippen LogP contribution < -0.4 is 9.47 Å². The molecule has 1 heterocycles. The Balaban J connectivity index is 2.34. The molecule has 25 heavy (non-hydrogen) atoms. The molecule has 0 spiro atoms. The number of hydrogen-bond donors (Lipinski definition) is 0. The van der Waals surface area contributed by atoms with E-state index in [4.69, 9.17) is 9.47 Å². The molecule has 0 N–H and O–H groups in total. The number of rotatable bonds is 7. The number of nitrogens with zero attached hydrogens (tertiary/aromatic N) is 3. The van der Waals surface area contributed by atoms with Gasteiger partial charge >= 0.3 is 0 Å². The molecule has 0 unspecified atom stereocenters. The number of pyridine rings is 1. The fraction of sp³-hybridized carbons (Fsp3) is 0.211. The van der Waals surface area contributed by atoms with E-state index < -0.39 is 5.78 Å². The van der Waals surface area contributed by atoms with Gasteiger partial charge in [-0.3, -0.25) is 4.79 Å². The highest BCUT2D eigenvalue weighted by molar-refractivity contribution is 6.12. The maximum Gasteiger partial charge on any atom is 0.230 e. The van der Waals surface area contributed by atoms with E-state index in [1.54, 1.807) is 49.3 Å². The molecule has 0 bridgehead atoms. The zero-order valence-corrected chi connectivity index (χ0v) is 14.4. The Labute approximate surface area is 146 Å². The van der Waals surface area contributed by atoms with Gasteiger partial charge in [0.25, 0.3) is 0 Å². The highest BCUT2D eigenvalue weighted by Crippen LogP contribution is 2.27. The third-order valence-corrected chi connectivity index (χ3v) is 3.10. The van der Waals surface area contributed by atoms with Gasteiger partial charge in [0.15, 0.2) is 0 Å². The maximum atomic E-state index is 12.6. The van der Waals surface area contributed by atoms with Crippen molar-refractivity contribution in [3.05, 3.63) is 59.9 Å². The molecule has 0 aliphatic heterocycles. The Morgan fingerprint density at radius 3 is 2.72 bits per heavy atom. The minimum atomic E-state index is -0.444. The second-order valence-corrected chi connectivity index (χ2v) is 5.31. The molecular formula is C19H19N3O3. The average Bonchev–Trinajstić information content (AvgIpc) is 2.60. The van der Waals surface area contributed by atoms with Gasteiger partial charge in [0, 0.05) is 32.6 Å². The Kier molecular flexibility index (Phi) is 6.13. The maximum absolute atomic E-state index is 12.6. The van der Waals surface area contributed by atoms with E-state index in [2.05, 4.69) is 4.98 Å². The molecule has 128 valence electrons. The van der Waals surface area contributed by atoms with E-state index in [0.29, 0.717) is 18.1 Å². The topological polar surface area (TPSA) is 75.5 Å². The molecule has 1 aromatic heterocycles. The van der Waals surface area contributed by atoms with Crippen LogP contribution in [0.2, 0.25) is 0 Å². The molecule has 0 atom stereocenters. The number of allylic oxidation sites excluding steroid dienone is 1. The molecule has 2 aromatic rings. The van der Waals surface area contributed by atoms with Crippen molar-refractivity contribution in [2.45, 2.75) is 6.92 Å². The smallest absolute Gasteiger partial charge is 0.230 e. The Morgan fingerprint density at radius 1 is 1.28 bits per heavy atom. The third kappa shape index (κ3) is 4.82. The molecule has 0 radical (unpaired) electrons. The average molecular weight is 337 g/mol. The number of Topliss-reactive ketones (excluding diaryl/α,β-unsaturated/α-hetero) is 1. The summed E-state index contributed by atoms with van der Waals surface area (Å²) in [5.41, 5.74) is 0.227. The first-order valence-electron chi connectivity index (χ1n) is 7.74. The molecule has 2 rings (SSSR count). The Morgan fingerprint density at radius 2 is 2.04 bits per heavy atom. The van der Waals surface area contributed by atoms with Crippen molar-refractivity contribution in [2.24, 2.45) is 0 Å². The summed E-state index contributed by atoms with van der Waals surface area (Å²) < 4.78 is 11.2. The van der Waals surface area contributed by atoms with Crippen LogP contribution in [0.15, 0.2) is 54.4 Å². The molecule has 0 saturated carbocycles. The van der Waals surface area contributed by atoms with Gasteiger partial charge in [-0.05, 0) is 31.2 Å². The first-order chi connectivity index (χ1) is 12.0. The lowest BCUT2D eigenvalue weighted by molar-refractivity contribution is 0.103. The molecule has 0 saturated heterocycles. The third-order valence-electron chi connectivity index (χ3n) is 3.10. The summed E-state index contributed by atoms with van der Waals surface area (Å²) >= 11 is 0. The van der Waals surface area contributed by atoms with E-state index in [1.165, 1.54) is 12.4 Å². The second kappa shape index (κ2) is 8.50. The lowest BCUT2D eigenvalue weighted by Gasteiger charge is -2.11. The number of nitriles is 1. The highest BCUT2D eigenvalue weighted by atomic mass is 16.5. The Hall–Kier alpha value is -3.33. The van der Waals surface area contributed by atoms with Crippen LogP contribution in [0.3, 0.4) is 0 Å². The van der Waals surface area contributed by atoms with Crippen LogP contribution in [0.1, 0.15) is 17.3 Å². The number of carbonyl (C=O) groups excluding carboxylic acids is 1. The van der Waals surface area contributed by atoms with Crippen LogP contribution in [0, 0.1) is 11.3 Å². The SMILES string of the molecule is CCOc1cccc(Oc2ncccc2C(=O)C(C#N)=CN(C)C)c1. The predicted molar refractivity (Wildman–Crippen MR) is 93.6 cm³/mol. The molecule has 6 heteroatoms. The van der Waals surface area contributed by atoms with Crippen molar-refractivity contribution >= 4 is 5.78 Å². The summed E-state index contributed by atoms with van der Waals surface area (Å²) in [6, 6.07) is 12.2. The molecular weight excluding hydrogens is 318 g/mol. The molecule has 0 aliphatic rings. The van der Waals surface area contributed by atoms with Crippen molar-refractivity contribution in [3.63, 3.8) is 0 Å². The van der Waals surface area contributed by atoms with Gasteiger partial charge in [-0.2, -0.15) is 5.26 Å². The zero-order chi connectivity index (χ0) is 18.2. The van der Waals surface area contributed by atoms with Gasteiger partial charge in [0.1, 0.15) is 23.1 Å². The number of ketones is 1. The largest absolute Gasteiger partial charge is 0.494 e. The van der Waals surface area contributed by atoms with E-state index in [9.17, 15) is 10.1 Å². The van der Waals surface area contributed by atoms with Gasteiger partial charge in [-0.25, -0.2) is 4.98 Å². The van der Waals surface area contributed by atoms with Gasteiger partial charge in [-0.1, -0.05) is 6.07 Å². The van der Waals surface area contributed by atoms with Gasteiger partial charge in [-0.15, -0.1) is 0 Å². The van der Waals surface area contributed by atoms with E-state index >= 15 is 0 Å². The monoisotopic (exact) mass is 337 g/mol. The second-order valence-electron chi connectivity index (χ2n) is 5.31. The van der Waals surface area contributed by atoms with E-state index in [-0.39, 0.29) is 17.0 Å². The van der Waals surface area contributed by atoms with Crippen molar-refractivity contribution in [3.8, 4) is 23.4 Å². The van der Waals surface area contributed by atoms with E-state index in [1.807, 2.05) is 19.1 Å². The van der Waals surface area contributed by atoms with Crippen LogP contribution in [0.25, 0.3) is 0 Å². The minimum Gasteiger partial charge on any atom is -0.494 e. The number of carbonyl (C=O) groups is 1. The van der Waals surface area contributed by atoms with Crippen LogP contribution in [-0.2, 0) is 0 Å². The first-order valence-corrected chi connectivity index (χ1v) is 7.74. The normalized spacial score (nSPS) is 10.7. The lowest BCUT2D eigenvalue weighted by atomic mass is 10.1. The number of hydrogen-bond acceptors (Lipinski definition) is 6. The van der Waals surface area contributed by atoms with E-state index in [0.717, 1.165) is 0 Å². The minimum absolute atomic E-state index is 0.00548. The highest BCUT2D eigenvalue weighted by Gasteiger charge is 2.19. The zero-order valence-electron chi connectivity index (χ0n) is 14.4. The van der Waals surface area contributed by atoms with Crippen LogP contribution in [-0.4, -0.2) is 36.4 Å². The Bertz CT molecular complexity index is 823. The molecule has 6 nitrogen and oxygen atoms in total. The molecule has 0 aliphatic carbocycles.